The number of hydrogen-bond acceptors (Lipinski definition) is 3. The van der Waals surface area contributed by atoms with Gasteiger partial charge in [0.25, 0.3) is 0 Å². The number of rotatable bonds is 2. The maximum atomic E-state index is 13.5. The summed E-state index contributed by atoms with van der Waals surface area (Å²) in [5.41, 5.74) is 2.74. The fraction of sp³-hybridized carbons (Fsp3) is 0.133. The number of imidazole rings is 1. The Morgan fingerprint density at radius 3 is 2.50 bits per heavy atom. The van der Waals surface area contributed by atoms with Gasteiger partial charge in [0.15, 0.2) is 0 Å². The lowest BCUT2D eigenvalue weighted by molar-refractivity contribution is 0.597. The largest absolute Gasteiger partial charge is 0.296 e. The van der Waals surface area contributed by atoms with E-state index in [1.54, 1.807) is 23.6 Å². The molecule has 0 aliphatic heterocycles. The van der Waals surface area contributed by atoms with E-state index < -0.39 is 10.0 Å². The average molecular weight is 319 g/mol. The quantitative estimate of drug-likeness (QED) is 0.788. The van der Waals surface area contributed by atoms with Gasteiger partial charge in [0.1, 0.15) is 11.6 Å². The molecule has 0 saturated heterocycles. The Morgan fingerprint density at radius 1 is 1.14 bits per heavy atom. The molecule has 0 bridgehead atoms. The number of aromatic nitrogens is 2. The fourth-order valence-corrected chi connectivity index (χ4v) is 3.13. The van der Waals surface area contributed by atoms with Crippen molar-refractivity contribution < 1.29 is 12.8 Å². The molecule has 0 aliphatic rings. The minimum Gasteiger partial charge on any atom is -0.296 e. The molecule has 0 spiro atoms. The van der Waals surface area contributed by atoms with Crippen molar-refractivity contribution >= 4 is 21.1 Å². The first-order valence-electron chi connectivity index (χ1n) is 6.56. The summed E-state index contributed by atoms with van der Waals surface area (Å²) in [6.07, 6.45) is 0. The molecule has 3 aromatic rings. The number of nitrogens with two attached hydrogens (primary N) is 1. The van der Waals surface area contributed by atoms with Gasteiger partial charge in [-0.25, -0.2) is 22.9 Å². The zero-order valence-electron chi connectivity index (χ0n) is 12.0. The second-order valence-electron chi connectivity index (χ2n) is 5.12. The Morgan fingerprint density at radius 2 is 1.86 bits per heavy atom. The summed E-state index contributed by atoms with van der Waals surface area (Å²) in [6, 6.07) is 8.95. The zero-order valence-corrected chi connectivity index (χ0v) is 12.9. The third kappa shape index (κ3) is 2.38. The summed E-state index contributed by atoms with van der Waals surface area (Å²) >= 11 is 0. The van der Waals surface area contributed by atoms with Crippen molar-refractivity contribution in [3.05, 3.63) is 53.6 Å². The van der Waals surface area contributed by atoms with Crippen LogP contribution in [0.3, 0.4) is 0 Å². The SMILES string of the molecule is Cc1cc(S(N)(=O)=O)ccc1-n1c(C)nc2ccc(F)cc21. The highest BCUT2D eigenvalue weighted by Crippen LogP contribution is 2.25. The highest BCUT2D eigenvalue weighted by Gasteiger charge is 2.14. The lowest BCUT2D eigenvalue weighted by atomic mass is 10.2. The second-order valence-corrected chi connectivity index (χ2v) is 6.68. The summed E-state index contributed by atoms with van der Waals surface area (Å²) < 4.78 is 38.1. The van der Waals surface area contributed by atoms with Crippen LogP contribution in [0.25, 0.3) is 16.7 Å². The first kappa shape index (κ1) is 14.7. The van der Waals surface area contributed by atoms with Gasteiger partial charge >= 0.3 is 0 Å². The fourth-order valence-electron chi connectivity index (χ4n) is 2.53. The molecule has 0 saturated carbocycles. The lowest BCUT2D eigenvalue weighted by Crippen LogP contribution is -2.12. The van der Waals surface area contributed by atoms with Gasteiger partial charge in [-0.1, -0.05) is 0 Å². The van der Waals surface area contributed by atoms with E-state index in [4.69, 9.17) is 5.14 Å². The topological polar surface area (TPSA) is 78.0 Å². The number of primary sulfonamides is 1. The number of benzene rings is 2. The van der Waals surface area contributed by atoms with Crippen molar-refractivity contribution in [1.29, 1.82) is 0 Å². The Bertz CT molecular complexity index is 993. The Kier molecular flexibility index (Phi) is 3.26. The number of aryl methyl sites for hydroxylation is 2. The van der Waals surface area contributed by atoms with E-state index >= 15 is 0 Å². The molecule has 3 rings (SSSR count). The van der Waals surface area contributed by atoms with Gasteiger partial charge in [0, 0.05) is 6.07 Å². The predicted molar refractivity (Wildman–Crippen MR) is 81.9 cm³/mol. The van der Waals surface area contributed by atoms with Crippen molar-refractivity contribution in [2.75, 3.05) is 0 Å². The van der Waals surface area contributed by atoms with E-state index in [0.29, 0.717) is 22.4 Å². The standard InChI is InChI=1S/C15H14FN3O2S/c1-9-7-12(22(17,20)21)4-6-14(9)19-10(2)18-13-5-3-11(16)8-15(13)19/h3-8H,1-2H3,(H2,17,20,21). The molecule has 1 aromatic heterocycles. The van der Waals surface area contributed by atoms with Crippen molar-refractivity contribution in [3.8, 4) is 5.69 Å². The highest BCUT2D eigenvalue weighted by atomic mass is 32.2. The summed E-state index contributed by atoms with van der Waals surface area (Å²) in [5, 5.41) is 5.14. The molecule has 1 heterocycles. The molecule has 0 unspecified atom stereocenters. The first-order valence-corrected chi connectivity index (χ1v) is 8.10. The predicted octanol–water partition coefficient (Wildman–Crippen LogP) is 2.43. The zero-order chi connectivity index (χ0) is 16.1. The van der Waals surface area contributed by atoms with Gasteiger partial charge in [0.05, 0.1) is 21.6 Å². The van der Waals surface area contributed by atoms with E-state index in [-0.39, 0.29) is 10.7 Å². The normalized spacial score (nSPS) is 12.0. The molecule has 7 heteroatoms. The number of halogens is 1. The molecule has 5 nitrogen and oxygen atoms in total. The van der Waals surface area contributed by atoms with Crippen LogP contribution >= 0.6 is 0 Å². The number of sulfonamides is 1. The average Bonchev–Trinajstić information content (AvgIpc) is 2.73. The number of fused-ring (bicyclic) bond motifs is 1. The molecular weight excluding hydrogens is 305 g/mol. The van der Waals surface area contributed by atoms with Crippen molar-refractivity contribution in [1.82, 2.24) is 9.55 Å². The minimum absolute atomic E-state index is 0.0435. The summed E-state index contributed by atoms with van der Waals surface area (Å²) in [4.78, 5) is 4.44. The van der Waals surface area contributed by atoms with Crippen molar-refractivity contribution in [2.45, 2.75) is 18.7 Å². The Hall–Kier alpha value is -2.25. The van der Waals surface area contributed by atoms with Crippen LogP contribution in [-0.4, -0.2) is 18.0 Å². The van der Waals surface area contributed by atoms with Gasteiger partial charge in [-0.05, 0) is 49.7 Å². The highest BCUT2D eigenvalue weighted by molar-refractivity contribution is 7.89. The Balaban J connectivity index is 2.28. The van der Waals surface area contributed by atoms with Crippen molar-refractivity contribution in [3.63, 3.8) is 0 Å². The molecular formula is C15H14FN3O2S. The van der Waals surface area contributed by atoms with E-state index in [0.717, 1.165) is 5.69 Å². The number of hydrogen-bond donors (Lipinski definition) is 1. The summed E-state index contributed by atoms with van der Waals surface area (Å²) in [7, 11) is -3.76. The molecule has 0 radical (unpaired) electrons. The molecule has 0 fully saturated rings. The van der Waals surface area contributed by atoms with Gasteiger partial charge in [0.2, 0.25) is 10.0 Å². The smallest absolute Gasteiger partial charge is 0.238 e. The van der Waals surface area contributed by atoms with Crippen LogP contribution in [-0.2, 0) is 10.0 Å². The maximum absolute atomic E-state index is 13.5. The minimum atomic E-state index is -3.76. The molecule has 2 aromatic carbocycles. The first-order chi connectivity index (χ1) is 10.3. The van der Waals surface area contributed by atoms with Crippen LogP contribution in [0, 0.1) is 19.7 Å². The lowest BCUT2D eigenvalue weighted by Gasteiger charge is -2.11. The van der Waals surface area contributed by atoms with Gasteiger partial charge < -0.3 is 0 Å². The van der Waals surface area contributed by atoms with Gasteiger partial charge in [-0.15, -0.1) is 0 Å². The van der Waals surface area contributed by atoms with E-state index in [1.807, 2.05) is 6.92 Å². The molecule has 114 valence electrons. The van der Waals surface area contributed by atoms with Crippen LogP contribution in [0.2, 0.25) is 0 Å². The van der Waals surface area contributed by atoms with E-state index in [2.05, 4.69) is 4.98 Å². The number of nitrogens with zero attached hydrogens (tertiary/aromatic N) is 2. The maximum Gasteiger partial charge on any atom is 0.238 e. The summed E-state index contributed by atoms with van der Waals surface area (Å²) in [5.74, 6) is 0.333. The van der Waals surface area contributed by atoms with Crippen LogP contribution in [0.15, 0.2) is 41.3 Å². The van der Waals surface area contributed by atoms with Crippen LogP contribution in [0.5, 0.6) is 0 Å². The van der Waals surface area contributed by atoms with Crippen LogP contribution in [0.1, 0.15) is 11.4 Å². The molecule has 0 amide bonds. The van der Waals surface area contributed by atoms with Crippen LogP contribution < -0.4 is 5.14 Å². The monoisotopic (exact) mass is 319 g/mol. The molecule has 0 atom stereocenters. The third-order valence-electron chi connectivity index (χ3n) is 3.52. The molecule has 22 heavy (non-hydrogen) atoms. The van der Waals surface area contributed by atoms with Gasteiger partial charge in [-0.3, -0.25) is 4.57 Å². The Labute approximate surface area is 127 Å². The van der Waals surface area contributed by atoms with E-state index in [1.165, 1.54) is 24.3 Å². The van der Waals surface area contributed by atoms with E-state index in [9.17, 15) is 12.8 Å². The van der Waals surface area contributed by atoms with Crippen LogP contribution in [0.4, 0.5) is 4.39 Å². The molecule has 0 aliphatic carbocycles. The summed E-state index contributed by atoms with van der Waals surface area (Å²) in [6.45, 7) is 3.58. The second kappa shape index (κ2) is 4.89. The van der Waals surface area contributed by atoms with Gasteiger partial charge in [-0.2, -0.15) is 0 Å². The third-order valence-corrected chi connectivity index (χ3v) is 4.43. The van der Waals surface area contributed by atoms with Crippen molar-refractivity contribution in [2.24, 2.45) is 5.14 Å². The molecule has 2 N–H and O–H groups in total.